The maximum atomic E-state index is 10.6. The van der Waals surface area contributed by atoms with Gasteiger partial charge in [0.05, 0.1) is 11.0 Å². The molecule has 4 N–H and O–H groups in total. The molecule has 0 aliphatic heterocycles. The first kappa shape index (κ1) is 15.1. The number of amides is 1. The number of nitrogens with two attached hydrogens (primary N) is 1. The van der Waals surface area contributed by atoms with E-state index in [1.807, 2.05) is 0 Å². The molecule has 0 saturated heterocycles. The molecule has 0 fully saturated rings. The molecule has 16 heavy (non-hydrogen) atoms. The Morgan fingerprint density at radius 3 is 2.69 bits per heavy atom. The van der Waals surface area contributed by atoms with Gasteiger partial charge in [0.15, 0.2) is 0 Å². The first-order chi connectivity index (χ1) is 7.60. The molecule has 1 amide bonds. The molecule has 2 unspecified atom stereocenters. The molecule has 0 aliphatic carbocycles. The van der Waals surface area contributed by atoms with Crippen molar-refractivity contribution in [3.63, 3.8) is 0 Å². The molecule has 92 valence electrons. The number of hydrogen-bond donors (Lipinski definition) is 3. The summed E-state index contributed by atoms with van der Waals surface area (Å²) >= 11 is 1.09. The third-order valence-corrected chi connectivity index (χ3v) is 2.87. The smallest absolute Gasteiger partial charge is 0.227 e. The van der Waals surface area contributed by atoms with E-state index in [9.17, 15) is 19.5 Å². The van der Waals surface area contributed by atoms with Gasteiger partial charge < -0.3 is 20.4 Å². The second-order valence-electron chi connectivity index (χ2n) is 3.11. The second-order valence-corrected chi connectivity index (χ2v) is 4.34. The molecule has 0 radical (unpaired) electrons. The number of carbonyl (C=O) groups is 3. The zero-order valence-corrected chi connectivity index (χ0v) is 9.61. The van der Waals surface area contributed by atoms with Crippen LogP contribution in [-0.2, 0) is 14.4 Å². The number of hydrogen-bond acceptors (Lipinski definition) is 6. The molecule has 0 heterocycles. The molecule has 0 rings (SSSR count). The normalized spacial score (nSPS) is 14.1. The molecule has 0 aromatic heterocycles. The first-order valence-electron chi connectivity index (χ1n) is 4.80. The van der Waals surface area contributed by atoms with Crippen LogP contribution < -0.4 is 11.1 Å². The van der Waals surface area contributed by atoms with E-state index in [2.05, 4.69) is 5.32 Å². The van der Waals surface area contributed by atoms with Crippen molar-refractivity contribution in [2.24, 2.45) is 5.73 Å². The predicted molar refractivity (Wildman–Crippen MR) is 60.8 cm³/mol. The summed E-state index contributed by atoms with van der Waals surface area (Å²) in [4.78, 5) is 31.1. The lowest BCUT2D eigenvalue weighted by molar-refractivity contribution is -0.115. The van der Waals surface area contributed by atoms with Gasteiger partial charge in [0.2, 0.25) is 5.91 Å². The molecule has 6 nitrogen and oxygen atoms in total. The summed E-state index contributed by atoms with van der Waals surface area (Å²) in [6, 6.07) is 0. The summed E-state index contributed by atoms with van der Waals surface area (Å²) in [6.45, 7) is 0.358. The number of primary amides is 1. The minimum Gasteiger partial charge on any atom is -0.379 e. The van der Waals surface area contributed by atoms with Gasteiger partial charge in [-0.25, -0.2) is 0 Å². The highest BCUT2D eigenvalue weighted by Gasteiger charge is 2.14. The molecule has 0 aromatic rings. The van der Waals surface area contributed by atoms with Gasteiger partial charge in [-0.2, -0.15) is 0 Å². The molecule has 2 atom stereocenters. The van der Waals surface area contributed by atoms with Gasteiger partial charge in [0.1, 0.15) is 18.8 Å². The van der Waals surface area contributed by atoms with E-state index < -0.39 is 17.4 Å². The van der Waals surface area contributed by atoms with E-state index in [1.54, 1.807) is 0 Å². The van der Waals surface area contributed by atoms with Crippen molar-refractivity contribution < 1.29 is 19.5 Å². The fourth-order valence-corrected chi connectivity index (χ4v) is 1.74. The van der Waals surface area contributed by atoms with E-state index >= 15 is 0 Å². The SMILES string of the molecule is NC(=O)CSC(C=O)CC(O)NCCC=O. The maximum absolute atomic E-state index is 10.6. The summed E-state index contributed by atoms with van der Waals surface area (Å²) in [6.07, 6.45) is 1.02. The van der Waals surface area contributed by atoms with Crippen LogP contribution in [0.15, 0.2) is 0 Å². The maximum Gasteiger partial charge on any atom is 0.227 e. The molecular weight excluding hydrogens is 232 g/mol. The van der Waals surface area contributed by atoms with Gasteiger partial charge in [-0.3, -0.25) is 10.1 Å². The van der Waals surface area contributed by atoms with E-state index in [-0.39, 0.29) is 12.2 Å². The van der Waals surface area contributed by atoms with E-state index in [1.165, 1.54) is 0 Å². The van der Waals surface area contributed by atoms with Crippen LogP contribution in [-0.4, -0.2) is 47.4 Å². The van der Waals surface area contributed by atoms with Crippen molar-refractivity contribution in [3.05, 3.63) is 0 Å². The highest BCUT2D eigenvalue weighted by molar-refractivity contribution is 8.01. The van der Waals surface area contributed by atoms with Gasteiger partial charge in [-0.15, -0.1) is 11.8 Å². The minimum atomic E-state index is -0.865. The molecule has 0 bridgehead atoms. The standard InChI is InChI=1S/C9H16N2O4S/c10-8(14)6-16-7(5-13)4-9(15)11-2-1-3-12/h3,5,7,9,11,15H,1-2,4,6H2,(H2,10,14). The molecule has 0 aromatic carbocycles. The van der Waals surface area contributed by atoms with Crippen molar-refractivity contribution in [2.75, 3.05) is 12.3 Å². The molecule has 0 spiro atoms. The van der Waals surface area contributed by atoms with Crippen LogP contribution in [0.3, 0.4) is 0 Å². The van der Waals surface area contributed by atoms with Crippen molar-refractivity contribution in [2.45, 2.75) is 24.3 Å². The number of rotatable bonds is 10. The third-order valence-electron chi connectivity index (χ3n) is 1.69. The van der Waals surface area contributed by atoms with Crippen LogP contribution in [0.5, 0.6) is 0 Å². The van der Waals surface area contributed by atoms with Crippen molar-refractivity contribution in [1.29, 1.82) is 0 Å². The Balaban J connectivity index is 3.77. The van der Waals surface area contributed by atoms with Crippen molar-refractivity contribution in [1.82, 2.24) is 5.32 Å². The lowest BCUT2D eigenvalue weighted by Crippen LogP contribution is -2.33. The Hall–Kier alpha value is -0.920. The summed E-state index contributed by atoms with van der Waals surface area (Å²) in [7, 11) is 0. The number of aliphatic hydroxyl groups is 1. The zero-order chi connectivity index (χ0) is 12.4. The average Bonchev–Trinajstić information content (AvgIpc) is 2.24. The van der Waals surface area contributed by atoms with Crippen LogP contribution >= 0.6 is 11.8 Å². The Labute approximate surface area is 98.0 Å². The number of thioether (sulfide) groups is 1. The van der Waals surface area contributed by atoms with Gasteiger partial charge >= 0.3 is 0 Å². The molecule has 7 heteroatoms. The summed E-state index contributed by atoms with van der Waals surface area (Å²) < 4.78 is 0. The molecule has 0 aliphatic rings. The summed E-state index contributed by atoms with van der Waals surface area (Å²) in [5.41, 5.74) is 4.93. The topological polar surface area (TPSA) is 109 Å². The monoisotopic (exact) mass is 248 g/mol. The summed E-state index contributed by atoms with van der Waals surface area (Å²) in [5.74, 6) is -0.454. The Bertz CT molecular complexity index is 238. The minimum absolute atomic E-state index is 0.0461. The van der Waals surface area contributed by atoms with Crippen LogP contribution in [0.2, 0.25) is 0 Å². The van der Waals surface area contributed by atoms with E-state index in [0.29, 0.717) is 19.3 Å². The van der Waals surface area contributed by atoms with E-state index in [4.69, 9.17) is 5.73 Å². The van der Waals surface area contributed by atoms with Crippen LogP contribution in [0, 0.1) is 0 Å². The largest absolute Gasteiger partial charge is 0.379 e. The average molecular weight is 248 g/mol. The molecular formula is C9H16N2O4S. The number of aldehydes is 2. The number of aliphatic hydroxyl groups excluding tert-OH is 1. The predicted octanol–water partition coefficient (Wildman–Crippen LogP) is -1.34. The Kier molecular flexibility index (Phi) is 8.78. The lowest BCUT2D eigenvalue weighted by Gasteiger charge is -2.15. The van der Waals surface area contributed by atoms with Gasteiger partial charge in [0, 0.05) is 19.4 Å². The third kappa shape index (κ3) is 8.39. The highest BCUT2D eigenvalue weighted by atomic mass is 32.2. The fourth-order valence-electron chi connectivity index (χ4n) is 0.964. The van der Waals surface area contributed by atoms with Gasteiger partial charge in [-0.1, -0.05) is 0 Å². The van der Waals surface area contributed by atoms with Gasteiger partial charge in [-0.05, 0) is 0 Å². The zero-order valence-electron chi connectivity index (χ0n) is 8.80. The van der Waals surface area contributed by atoms with Crippen molar-refractivity contribution in [3.8, 4) is 0 Å². The van der Waals surface area contributed by atoms with Crippen molar-refractivity contribution >= 4 is 30.2 Å². The van der Waals surface area contributed by atoms with E-state index in [0.717, 1.165) is 18.0 Å². The fraction of sp³-hybridized carbons (Fsp3) is 0.667. The number of carbonyl (C=O) groups excluding carboxylic acids is 3. The molecule has 0 saturated carbocycles. The first-order valence-corrected chi connectivity index (χ1v) is 5.85. The Morgan fingerprint density at radius 2 is 2.19 bits per heavy atom. The highest BCUT2D eigenvalue weighted by Crippen LogP contribution is 2.13. The number of nitrogens with one attached hydrogen (secondary N) is 1. The quantitative estimate of drug-likeness (QED) is 0.251. The van der Waals surface area contributed by atoms with Crippen LogP contribution in [0.1, 0.15) is 12.8 Å². The summed E-state index contributed by atoms with van der Waals surface area (Å²) in [5, 5.41) is 11.6. The Morgan fingerprint density at radius 1 is 1.50 bits per heavy atom. The van der Waals surface area contributed by atoms with Gasteiger partial charge in [0.25, 0.3) is 0 Å². The second kappa shape index (κ2) is 9.32. The lowest BCUT2D eigenvalue weighted by atomic mass is 10.3. The van der Waals surface area contributed by atoms with Crippen LogP contribution in [0.25, 0.3) is 0 Å². The van der Waals surface area contributed by atoms with Crippen LogP contribution in [0.4, 0.5) is 0 Å².